The molecule has 0 amide bonds. The van der Waals surface area contributed by atoms with Crippen molar-refractivity contribution in [1.29, 1.82) is 0 Å². The van der Waals surface area contributed by atoms with Gasteiger partial charge in [0.25, 0.3) is 0 Å². The summed E-state index contributed by atoms with van der Waals surface area (Å²) in [4.78, 5) is 2.90. The molecule has 2 heteroatoms. The Kier molecular flexibility index (Phi) is 3.70. The van der Waals surface area contributed by atoms with Gasteiger partial charge in [0.2, 0.25) is 0 Å². The van der Waals surface area contributed by atoms with Gasteiger partial charge in [-0.2, -0.15) is 0 Å². The lowest BCUT2D eigenvalue weighted by Gasteiger charge is -2.53. The van der Waals surface area contributed by atoms with Crippen LogP contribution in [-0.2, 0) is 0 Å². The second kappa shape index (κ2) is 4.98. The molecule has 1 heterocycles. The van der Waals surface area contributed by atoms with Crippen molar-refractivity contribution < 1.29 is 0 Å². The molecule has 2 aliphatic carbocycles. The molecule has 0 radical (unpaired) electrons. The molecule has 3 aliphatic rings. The maximum atomic E-state index is 3.77. The van der Waals surface area contributed by atoms with Crippen molar-refractivity contribution in [1.82, 2.24) is 10.2 Å². The summed E-state index contributed by atoms with van der Waals surface area (Å²) in [6, 6.07) is 2.21. The van der Waals surface area contributed by atoms with E-state index in [-0.39, 0.29) is 0 Å². The van der Waals surface area contributed by atoms with Crippen molar-refractivity contribution in [2.24, 2.45) is 16.7 Å². The molecule has 5 atom stereocenters. The predicted octanol–water partition coefficient (Wildman–Crippen LogP) is 3.66. The van der Waals surface area contributed by atoms with Crippen molar-refractivity contribution in [3.05, 3.63) is 0 Å². The summed E-state index contributed by atoms with van der Waals surface area (Å²) in [5.41, 5.74) is 1.09. The lowest BCUT2D eigenvalue weighted by Crippen LogP contribution is -2.64. The lowest BCUT2D eigenvalue weighted by molar-refractivity contribution is -0.0364. The van der Waals surface area contributed by atoms with Crippen molar-refractivity contribution >= 4 is 0 Å². The van der Waals surface area contributed by atoms with Gasteiger partial charge in [0.05, 0.1) is 0 Å². The van der Waals surface area contributed by atoms with Gasteiger partial charge in [-0.05, 0) is 49.4 Å². The van der Waals surface area contributed by atoms with E-state index in [0.29, 0.717) is 16.9 Å². The number of piperazine rings is 1. The Hall–Kier alpha value is -0.0800. The van der Waals surface area contributed by atoms with E-state index in [1.807, 2.05) is 0 Å². The number of rotatable bonds is 3. The second-order valence-corrected chi connectivity index (χ2v) is 8.76. The zero-order valence-corrected chi connectivity index (χ0v) is 14.2. The fourth-order valence-corrected chi connectivity index (χ4v) is 5.96. The first-order chi connectivity index (χ1) is 9.38. The predicted molar refractivity (Wildman–Crippen MR) is 85.9 cm³/mol. The summed E-state index contributed by atoms with van der Waals surface area (Å²) in [6.45, 7) is 14.9. The third kappa shape index (κ3) is 2.14. The number of hydrogen-bond donors (Lipinski definition) is 1. The highest BCUT2D eigenvalue weighted by Crippen LogP contribution is 2.64. The van der Waals surface area contributed by atoms with Gasteiger partial charge >= 0.3 is 0 Å². The molecule has 2 saturated carbocycles. The Morgan fingerprint density at radius 3 is 2.60 bits per heavy atom. The highest BCUT2D eigenvalue weighted by Gasteiger charge is 2.61. The van der Waals surface area contributed by atoms with Crippen LogP contribution in [0.4, 0.5) is 0 Å². The van der Waals surface area contributed by atoms with E-state index in [2.05, 4.69) is 44.8 Å². The Morgan fingerprint density at radius 2 is 2.00 bits per heavy atom. The van der Waals surface area contributed by atoms with Crippen LogP contribution in [-0.4, -0.2) is 36.1 Å². The molecule has 3 fully saturated rings. The molecule has 116 valence electrons. The van der Waals surface area contributed by atoms with E-state index in [9.17, 15) is 0 Å². The highest BCUT2D eigenvalue weighted by atomic mass is 15.3. The van der Waals surface area contributed by atoms with Crippen LogP contribution < -0.4 is 5.32 Å². The fraction of sp³-hybridized carbons (Fsp3) is 1.00. The smallest absolute Gasteiger partial charge is 0.0207 e. The van der Waals surface area contributed by atoms with Gasteiger partial charge in [-0.3, -0.25) is 4.90 Å². The van der Waals surface area contributed by atoms with Crippen LogP contribution in [0.15, 0.2) is 0 Å². The van der Waals surface area contributed by atoms with Crippen molar-refractivity contribution in [3.63, 3.8) is 0 Å². The molecule has 1 aliphatic heterocycles. The molecule has 5 unspecified atom stereocenters. The van der Waals surface area contributed by atoms with E-state index in [4.69, 9.17) is 0 Å². The van der Waals surface area contributed by atoms with E-state index >= 15 is 0 Å². The molecule has 0 aromatic carbocycles. The Labute approximate surface area is 125 Å². The van der Waals surface area contributed by atoms with E-state index in [1.54, 1.807) is 0 Å². The van der Waals surface area contributed by atoms with Crippen LogP contribution >= 0.6 is 0 Å². The van der Waals surface area contributed by atoms with Crippen LogP contribution in [0, 0.1) is 16.7 Å². The minimum absolute atomic E-state index is 0.509. The summed E-state index contributed by atoms with van der Waals surface area (Å²) in [5.74, 6) is 0.962. The zero-order valence-electron chi connectivity index (χ0n) is 14.2. The van der Waals surface area contributed by atoms with Gasteiger partial charge in [0.1, 0.15) is 0 Å². The van der Waals surface area contributed by atoms with Crippen molar-refractivity contribution in [3.8, 4) is 0 Å². The first-order valence-electron chi connectivity index (χ1n) is 8.87. The molecule has 1 N–H and O–H groups in total. The van der Waals surface area contributed by atoms with Crippen LogP contribution in [0.25, 0.3) is 0 Å². The van der Waals surface area contributed by atoms with Gasteiger partial charge in [-0.25, -0.2) is 0 Å². The molecule has 2 nitrogen and oxygen atoms in total. The molecule has 0 spiro atoms. The summed E-state index contributed by atoms with van der Waals surface area (Å²) < 4.78 is 0. The largest absolute Gasteiger partial charge is 0.311 e. The first kappa shape index (κ1) is 14.8. The SMILES string of the molecule is CCCC1CN(C2C3(C)CCC(C3)C2(C)C)C(C)CN1. The molecule has 0 aromatic rings. The topological polar surface area (TPSA) is 15.3 Å². The molecule has 3 rings (SSSR count). The van der Waals surface area contributed by atoms with Crippen LogP contribution in [0.3, 0.4) is 0 Å². The minimum Gasteiger partial charge on any atom is -0.311 e. The van der Waals surface area contributed by atoms with Crippen LogP contribution in [0.1, 0.15) is 66.7 Å². The lowest BCUT2D eigenvalue weighted by atomic mass is 9.67. The number of nitrogens with one attached hydrogen (secondary N) is 1. The highest BCUT2D eigenvalue weighted by molar-refractivity contribution is 5.14. The third-order valence-corrected chi connectivity index (χ3v) is 6.86. The number of nitrogens with zero attached hydrogens (tertiary/aromatic N) is 1. The summed E-state index contributed by atoms with van der Waals surface area (Å²) >= 11 is 0. The quantitative estimate of drug-likeness (QED) is 0.847. The van der Waals surface area contributed by atoms with Crippen LogP contribution in [0.5, 0.6) is 0 Å². The number of fused-ring (bicyclic) bond motifs is 2. The molecule has 0 aromatic heterocycles. The molecular weight excluding hydrogens is 244 g/mol. The number of hydrogen-bond acceptors (Lipinski definition) is 2. The summed E-state index contributed by atoms with van der Waals surface area (Å²) in [6.07, 6.45) is 7.03. The van der Waals surface area contributed by atoms with E-state index in [1.165, 1.54) is 45.2 Å². The molecule has 2 bridgehead atoms. The van der Waals surface area contributed by atoms with Gasteiger partial charge in [0.15, 0.2) is 0 Å². The molecule has 1 saturated heterocycles. The van der Waals surface area contributed by atoms with E-state index in [0.717, 1.165) is 18.0 Å². The standard InChI is InChI=1S/C18H34N2/c1-6-7-15-12-20(13(2)11-19-15)16-17(3,4)14-8-9-18(16,5)10-14/h13-16,19H,6-12H2,1-5H3. The Balaban J connectivity index is 1.83. The van der Waals surface area contributed by atoms with Crippen LogP contribution in [0.2, 0.25) is 0 Å². The third-order valence-electron chi connectivity index (χ3n) is 6.86. The zero-order chi connectivity index (χ0) is 14.5. The van der Waals surface area contributed by atoms with E-state index < -0.39 is 0 Å². The van der Waals surface area contributed by atoms with Crippen molar-refractivity contribution in [2.45, 2.75) is 84.8 Å². The van der Waals surface area contributed by atoms with Gasteiger partial charge in [-0.1, -0.05) is 34.1 Å². The Bertz CT molecular complexity index is 360. The maximum absolute atomic E-state index is 3.77. The van der Waals surface area contributed by atoms with Crippen molar-refractivity contribution in [2.75, 3.05) is 13.1 Å². The first-order valence-corrected chi connectivity index (χ1v) is 8.87. The average Bonchev–Trinajstić information content (AvgIpc) is 2.84. The fourth-order valence-electron chi connectivity index (χ4n) is 5.96. The summed E-state index contributed by atoms with van der Waals surface area (Å²) in [7, 11) is 0. The normalized spacial score (nSPS) is 47.9. The minimum atomic E-state index is 0.509. The second-order valence-electron chi connectivity index (χ2n) is 8.76. The molecular formula is C18H34N2. The van der Waals surface area contributed by atoms with Gasteiger partial charge < -0.3 is 5.32 Å². The van der Waals surface area contributed by atoms with Gasteiger partial charge in [0, 0.05) is 31.2 Å². The summed E-state index contributed by atoms with van der Waals surface area (Å²) in [5, 5.41) is 3.77. The Morgan fingerprint density at radius 1 is 1.25 bits per heavy atom. The monoisotopic (exact) mass is 278 g/mol. The maximum Gasteiger partial charge on any atom is 0.0207 e. The van der Waals surface area contributed by atoms with Gasteiger partial charge in [-0.15, -0.1) is 0 Å². The molecule has 20 heavy (non-hydrogen) atoms. The average molecular weight is 278 g/mol.